The van der Waals surface area contributed by atoms with Crippen LogP contribution in [-0.4, -0.2) is 16.0 Å². The van der Waals surface area contributed by atoms with Crippen molar-refractivity contribution in [2.24, 2.45) is 0 Å². The Balaban J connectivity index is 2.79. The fourth-order valence-corrected chi connectivity index (χ4v) is 1.10. The molecule has 1 aromatic rings. The lowest BCUT2D eigenvalue weighted by molar-refractivity contribution is -0.145. The second-order valence-corrected chi connectivity index (χ2v) is 5.09. The maximum atomic E-state index is 11.2. The van der Waals surface area contributed by atoms with E-state index in [1.165, 1.54) is 0 Å². The van der Waals surface area contributed by atoms with E-state index in [1.807, 2.05) is 0 Å². The fourth-order valence-electron chi connectivity index (χ4n) is 0.962. The summed E-state index contributed by atoms with van der Waals surface area (Å²) >= 11 is 15.9. The van der Waals surface area contributed by atoms with Crippen LogP contribution in [0.1, 0.15) is 11.7 Å². The Kier molecular flexibility index (Phi) is 4.59. The van der Waals surface area contributed by atoms with Crippen LogP contribution < -0.4 is 0 Å². The molecule has 1 unspecified atom stereocenters. The van der Waals surface area contributed by atoms with Crippen molar-refractivity contribution in [2.45, 2.75) is 9.90 Å². The van der Waals surface area contributed by atoms with Crippen molar-refractivity contribution >= 4 is 47.1 Å². The van der Waals surface area contributed by atoms with Crippen LogP contribution >= 0.6 is 34.8 Å². The topological polar surface area (TPSA) is 43.4 Å². The zero-order chi connectivity index (χ0) is 12.2. The average molecular weight is 281 g/mol. The van der Waals surface area contributed by atoms with Crippen molar-refractivity contribution in [2.75, 3.05) is 0 Å². The van der Waals surface area contributed by atoms with E-state index >= 15 is 0 Å². The van der Waals surface area contributed by atoms with Crippen molar-refractivity contribution in [1.29, 1.82) is 0 Å². The lowest BCUT2D eigenvalue weighted by Crippen LogP contribution is -2.24. The van der Waals surface area contributed by atoms with Crippen LogP contribution in [0, 0.1) is 0 Å². The van der Waals surface area contributed by atoms with E-state index in [4.69, 9.17) is 39.5 Å². The molecule has 0 aromatic heterocycles. The third kappa shape index (κ3) is 3.67. The van der Waals surface area contributed by atoms with Crippen LogP contribution in [0.2, 0.25) is 0 Å². The normalized spacial score (nSPS) is 12.9. The molecule has 0 bridgehead atoms. The zero-order valence-corrected chi connectivity index (χ0v) is 10.1. The van der Waals surface area contributed by atoms with Crippen molar-refractivity contribution in [3.8, 4) is 0 Å². The first-order valence-electron chi connectivity index (χ1n) is 4.15. The van der Waals surface area contributed by atoms with Crippen LogP contribution in [-0.2, 0) is 14.3 Å². The number of hydrogen-bond acceptors (Lipinski definition) is 3. The van der Waals surface area contributed by atoms with Gasteiger partial charge in [-0.05, 0) is 0 Å². The molecular formula is C10H6Cl3O3. The van der Waals surface area contributed by atoms with Crippen molar-refractivity contribution in [3.05, 3.63) is 35.9 Å². The Morgan fingerprint density at radius 1 is 1.25 bits per heavy atom. The maximum Gasteiger partial charge on any atom is 0.359 e. The monoisotopic (exact) mass is 279 g/mol. The highest BCUT2D eigenvalue weighted by Gasteiger charge is 2.35. The van der Waals surface area contributed by atoms with Gasteiger partial charge < -0.3 is 4.74 Å². The fraction of sp³-hybridized carbons (Fsp3) is 0.200. The molecule has 0 heterocycles. The van der Waals surface area contributed by atoms with Crippen LogP contribution in [0.5, 0.6) is 0 Å². The minimum Gasteiger partial charge on any atom is -0.446 e. The Bertz CT molecular complexity index is 373. The summed E-state index contributed by atoms with van der Waals surface area (Å²) < 4.78 is 2.49. The second-order valence-electron chi connectivity index (χ2n) is 2.81. The van der Waals surface area contributed by atoms with Gasteiger partial charge in [0.1, 0.15) is 0 Å². The van der Waals surface area contributed by atoms with Gasteiger partial charge in [0.25, 0.3) is 3.79 Å². The predicted molar refractivity (Wildman–Crippen MR) is 61.3 cm³/mol. The zero-order valence-electron chi connectivity index (χ0n) is 7.82. The molecule has 0 aliphatic carbocycles. The van der Waals surface area contributed by atoms with Gasteiger partial charge in [-0.25, -0.2) is 4.79 Å². The van der Waals surface area contributed by atoms with E-state index < -0.39 is 15.9 Å². The standard InChI is InChI=1S/C10H6Cl3O3/c11-10(12,13)9(15)16-8(6-14)7-4-2-1-3-5-7/h1-5,8H. The minimum atomic E-state index is -2.20. The van der Waals surface area contributed by atoms with Crippen LogP contribution in [0.4, 0.5) is 0 Å². The first kappa shape index (κ1) is 13.3. The van der Waals surface area contributed by atoms with Crippen LogP contribution in [0.15, 0.2) is 30.3 Å². The number of hydrogen-bond donors (Lipinski definition) is 0. The Hall–Kier alpha value is -0.770. The van der Waals surface area contributed by atoms with E-state index in [0.29, 0.717) is 5.56 Å². The smallest absolute Gasteiger partial charge is 0.359 e. The number of carbonyl (C=O) groups excluding carboxylic acids is 2. The highest BCUT2D eigenvalue weighted by Crippen LogP contribution is 2.29. The van der Waals surface area contributed by atoms with Gasteiger partial charge in [0.15, 0.2) is 6.10 Å². The van der Waals surface area contributed by atoms with E-state index in [-0.39, 0.29) is 0 Å². The maximum absolute atomic E-state index is 11.2. The van der Waals surface area contributed by atoms with Crippen LogP contribution in [0.3, 0.4) is 0 Å². The summed E-state index contributed by atoms with van der Waals surface area (Å²) in [4.78, 5) is 21.8. The van der Waals surface area contributed by atoms with Crippen molar-refractivity contribution in [1.82, 2.24) is 0 Å². The molecule has 0 saturated heterocycles. The molecule has 1 aromatic carbocycles. The summed E-state index contributed by atoms with van der Waals surface area (Å²) in [6, 6.07) is 8.32. The van der Waals surface area contributed by atoms with Crippen LogP contribution in [0.25, 0.3) is 0 Å². The summed E-state index contributed by atoms with van der Waals surface area (Å²) in [5.41, 5.74) is 0.458. The van der Waals surface area contributed by atoms with Gasteiger partial charge in [0, 0.05) is 5.56 Å². The average Bonchev–Trinajstić information content (AvgIpc) is 2.25. The molecule has 0 spiro atoms. The number of alkyl halides is 3. The third-order valence-electron chi connectivity index (χ3n) is 1.67. The molecule has 1 radical (unpaired) electrons. The lowest BCUT2D eigenvalue weighted by atomic mass is 10.1. The molecule has 16 heavy (non-hydrogen) atoms. The predicted octanol–water partition coefficient (Wildman–Crippen LogP) is 2.75. The quantitative estimate of drug-likeness (QED) is 0.631. The SMILES string of the molecule is O=[C]C(OC(=O)C(Cl)(Cl)Cl)c1ccccc1. The lowest BCUT2D eigenvalue weighted by Gasteiger charge is -2.15. The van der Waals surface area contributed by atoms with E-state index in [1.54, 1.807) is 36.6 Å². The van der Waals surface area contributed by atoms with Gasteiger partial charge in [0.05, 0.1) is 0 Å². The Morgan fingerprint density at radius 3 is 2.25 bits per heavy atom. The molecule has 1 atom stereocenters. The number of benzene rings is 1. The summed E-state index contributed by atoms with van der Waals surface area (Å²) in [7, 11) is 0. The summed E-state index contributed by atoms with van der Waals surface area (Å²) in [6.45, 7) is 0. The molecule has 3 nitrogen and oxygen atoms in total. The summed E-state index contributed by atoms with van der Waals surface area (Å²) in [5.74, 6) is -1.12. The van der Waals surface area contributed by atoms with Crippen molar-refractivity contribution < 1.29 is 14.3 Å². The molecule has 85 valence electrons. The third-order valence-corrected chi connectivity index (χ3v) is 2.13. The molecule has 0 N–H and O–H groups in total. The molecule has 0 aliphatic rings. The molecule has 0 aliphatic heterocycles. The molecule has 0 fully saturated rings. The van der Waals surface area contributed by atoms with E-state index in [2.05, 4.69) is 0 Å². The van der Waals surface area contributed by atoms with Gasteiger partial charge in [-0.2, -0.15) is 0 Å². The first-order valence-corrected chi connectivity index (χ1v) is 5.29. The van der Waals surface area contributed by atoms with Gasteiger partial charge in [-0.3, -0.25) is 4.79 Å². The number of ether oxygens (including phenoxy) is 1. The largest absolute Gasteiger partial charge is 0.446 e. The number of carbonyl (C=O) groups is 1. The second kappa shape index (κ2) is 5.53. The van der Waals surface area contributed by atoms with Crippen molar-refractivity contribution in [3.63, 3.8) is 0 Å². The van der Waals surface area contributed by atoms with Gasteiger partial charge in [-0.1, -0.05) is 65.1 Å². The summed E-state index contributed by atoms with van der Waals surface area (Å²) in [6.07, 6.45) is 0.362. The Morgan fingerprint density at radius 2 is 1.81 bits per heavy atom. The van der Waals surface area contributed by atoms with E-state index in [0.717, 1.165) is 0 Å². The molecule has 6 heteroatoms. The van der Waals surface area contributed by atoms with Gasteiger partial charge >= 0.3 is 5.97 Å². The minimum absolute atomic E-state index is 0.458. The number of esters is 1. The first-order chi connectivity index (χ1) is 7.45. The Labute approximate surface area is 107 Å². The highest BCUT2D eigenvalue weighted by molar-refractivity contribution is 6.75. The van der Waals surface area contributed by atoms with Gasteiger partial charge in [0.2, 0.25) is 6.29 Å². The van der Waals surface area contributed by atoms with E-state index in [9.17, 15) is 9.59 Å². The number of rotatable bonds is 3. The molecule has 1 rings (SSSR count). The molecule has 0 amide bonds. The molecule has 0 saturated carbocycles. The summed E-state index contributed by atoms with van der Waals surface area (Å²) in [5, 5.41) is 0. The number of halogens is 3. The highest BCUT2D eigenvalue weighted by atomic mass is 35.6. The molecular weight excluding hydrogens is 274 g/mol. The van der Waals surface area contributed by atoms with Gasteiger partial charge in [-0.15, -0.1) is 0 Å².